The highest BCUT2D eigenvalue weighted by atomic mass is 31.0. The molecule has 1 saturated carbocycles. The van der Waals surface area contributed by atoms with Gasteiger partial charge in [0.25, 0.3) is 0 Å². The fourth-order valence-corrected chi connectivity index (χ4v) is 2.91. The van der Waals surface area contributed by atoms with Crippen LogP contribution in [0.4, 0.5) is 0 Å². The van der Waals surface area contributed by atoms with Crippen LogP contribution in [0.1, 0.15) is 70.6 Å². The summed E-state index contributed by atoms with van der Waals surface area (Å²) >= 11 is 0. The Morgan fingerprint density at radius 1 is 0.944 bits per heavy atom. The van der Waals surface area contributed by atoms with Gasteiger partial charge in [-0.2, -0.15) is 0 Å². The molecule has 1 atom stereocenters. The summed E-state index contributed by atoms with van der Waals surface area (Å²) in [7, 11) is 2.71. The highest BCUT2D eigenvalue weighted by Gasteiger charge is 2.17. The second-order valence-corrected chi connectivity index (χ2v) is 6.11. The van der Waals surface area contributed by atoms with Crippen LogP contribution in [0.3, 0.4) is 0 Å². The van der Waals surface area contributed by atoms with Gasteiger partial charge < -0.3 is 5.32 Å². The maximum absolute atomic E-state index is 12.1. The van der Waals surface area contributed by atoms with Crippen molar-refractivity contribution in [2.75, 3.05) is 12.7 Å². The van der Waals surface area contributed by atoms with Gasteiger partial charge in [0.2, 0.25) is 5.91 Å². The zero-order chi connectivity index (χ0) is 13.1. The van der Waals surface area contributed by atoms with E-state index in [4.69, 9.17) is 0 Å². The number of amides is 1. The van der Waals surface area contributed by atoms with Gasteiger partial charge in [-0.25, -0.2) is 0 Å². The molecule has 1 rings (SSSR count). The Morgan fingerprint density at radius 2 is 1.44 bits per heavy atom. The van der Waals surface area contributed by atoms with Crippen LogP contribution in [-0.4, -0.2) is 18.6 Å². The number of nitrogens with one attached hydrogen (secondary N) is 1. The Balaban J connectivity index is 2.30. The SMILES string of the molecule is O=C(NCCCP)C1CCCCCCCCCC1. The van der Waals surface area contributed by atoms with Crippen molar-refractivity contribution in [1.29, 1.82) is 0 Å². The number of carbonyl (C=O) groups is 1. The first-order chi connectivity index (χ1) is 8.84. The van der Waals surface area contributed by atoms with Crippen LogP contribution >= 0.6 is 9.24 Å². The normalized spacial score (nSPS) is 20.1. The third kappa shape index (κ3) is 7.36. The van der Waals surface area contributed by atoms with E-state index < -0.39 is 0 Å². The predicted octanol–water partition coefficient (Wildman–Crippen LogP) is 3.90. The zero-order valence-electron chi connectivity index (χ0n) is 11.8. The largest absolute Gasteiger partial charge is 0.356 e. The van der Waals surface area contributed by atoms with Crippen LogP contribution < -0.4 is 5.32 Å². The minimum Gasteiger partial charge on any atom is -0.356 e. The smallest absolute Gasteiger partial charge is 0.223 e. The maximum atomic E-state index is 12.1. The highest BCUT2D eigenvalue weighted by Crippen LogP contribution is 2.21. The first kappa shape index (κ1) is 16.0. The topological polar surface area (TPSA) is 29.1 Å². The molecule has 1 aliphatic carbocycles. The van der Waals surface area contributed by atoms with Gasteiger partial charge in [-0.15, -0.1) is 9.24 Å². The summed E-state index contributed by atoms with van der Waals surface area (Å²) in [4.78, 5) is 12.1. The molecule has 1 aliphatic rings. The summed E-state index contributed by atoms with van der Waals surface area (Å²) in [6.45, 7) is 0.846. The zero-order valence-corrected chi connectivity index (χ0v) is 12.9. The van der Waals surface area contributed by atoms with Gasteiger partial charge in [-0.05, 0) is 25.4 Å². The lowest BCUT2D eigenvalue weighted by atomic mass is 9.94. The molecular weight excluding hydrogens is 241 g/mol. The summed E-state index contributed by atoms with van der Waals surface area (Å²) in [6, 6.07) is 0. The summed E-state index contributed by atoms with van der Waals surface area (Å²) < 4.78 is 0. The molecule has 1 N–H and O–H groups in total. The molecule has 0 heterocycles. The number of hydrogen-bond acceptors (Lipinski definition) is 1. The van der Waals surface area contributed by atoms with Gasteiger partial charge >= 0.3 is 0 Å². The van der Waals surface area contributed by atoms with E-state index in [0.29, 0.717) is 5.91 Å². The standard InChI is InChI=1S/C15H30NOP/c17-15(16-12-9-13-18)14-10-7-5-3-1-2-4-6-8-11-14/h14H,1-13,18H2,(H,16,17). The van der Waals surface area contributed by atoms with Crippen molar-refractivity contribution in [3.63, 3.8) is 0 Å². The number of carbonyl (C=O) groups excluding carboxylic acids is 1. The fourth-order valence-electron chi connectivity index (χ4n) is 2.71. The molecule has 1 unspecified atom stereocenters. The van der Waals surface area contributed by atoms with E-state index in [9.17, 15) is 4.79 Å². The van der Waals surface area contributed by atoms with Crippen molar-refractivity contribution < 1.29 is 4.79 Å². The molecule has 106 valence electrons. The minimum absolute atomic E-state index is 0.285. The molecule has 2 nitrogen and oxygen atoms in total. The molecular formula is C15H30NOP. The Morgan fingerprint density at radius 3 is 1.94 bits per heavy atom. The highest BCUT2D eigenvalue weighted by molar-refractivity contribution is 7.16. The van der Waals surface area contributed by atoms with E-state index in [1.807, 2.05) is 0 Å². The van der Waals surface area contributed by atoms with Crippen molar-refractivity contribution in [2.24, 2.45) is 5.92 Å². The average molecular weight is 271 g/mol. The molecule has 18 heavy (non-hydrogen) atoms. The lowest BCUT2D eigenvalue weighted by Gasteiger charge is -2.16. The van der Waals surface area contributed by atoms with E-state index in [-0.39, 0.29) is 5.92 Å². The summed E-state index contributed by atoms with van der Waals surface area (Å²) in [5.41, 5.74) is 0. The van der Waals surface area contributed by atoms with E-state index in [1.54, 1.807) is 0 Å². The Kier molecular flexibility index (Phi) is 9.56. The monoisotopic (exact) mass is 271 g/mol. The Bertz CT molecular complexity index is 209. The molecule has 0 aromatic heterocycles. The number of rotatable bonds is 4. The van der Waals surface area contributed by atoms with Crippen molar-refractivity contribution >= 4 is 15.1 Å². The van der Waals surface area contributed by atoms with Crippen LogP contribution in [0.15, 0.2) is 0 Å². The third-order valence-electron chi connectivity index (χ3n) is 3.91. The molecule has 0 bridgehead atoms. The first-order valence-electron chi connectivity index (χ1n) is 7.82. The quantitative estimate of drug-likeness (QED) is 0.610. The van der Waals surface area contributed by atoms with Gasteiger partial charge in [0, 0.05) is 12.5 Å². The van der Waals surface area contributed by atoms with Crippen LogP contribution in [0.25, 0.3) is 0 Å². The van der Waals surface area contributed by atoms with Crippen molar-refractivity contribution in [2.45, 2.75) is 70.6 Å². The second-order valence-electron chi connectivity index (χ2n) is 5.54. The molecule has 1 fully saturated rings. The van der Waals surface area contributed by atoms with E-state index in [0.717, 1.165) is 32.0 Å². The van der Waals surface area contributed by atoms with Crippen molar-refractivity contribution in [3.05, 3.63) is 0 Å². The maximum Gasteiger partial charge on any atom is 0.223 e. The van der Waals surface area contributed by atoms with Crippen LogP contribution in [0, 0.1) is 5.92 Å². The molecule has 3 heteroatoms. The molecule has 0 aromatic rings. The van der Waals surface area contributed by atoms with Gasteiger partial charge in [-0.3, -0.25) is 4.79 Å². The average Bonchev–Trinajstić information content (AvgIpc) is 2.43. The van der Waals surface area contributed by atoms with Crippen molar-refractivity contribution in [1.82, 2.24) is 5.32 Å². The third-order valence-corrected chi connectivity index (χ3v) is 4.31. The van der Waals surface area contributed by atoms with Crippen LogP contribution in [-0.2, 0) is 4.79 Å². The Hall–Kier alpha value is -0.100. The summed E-state index contributed by atoms with van der Waals surface area (Å²) in [6.07, 6.45) is 15.0. The fraction of sp³-hybridized carbons (Fsp3) is 0.933. The molecule has 1 amide bonds. The predicted molar refractivity (Wildman–Crippen MR) is 81.9 cm³/mol. The molecule has 0 aromatic carbocycles. The molecule has 0 saturated heterocycles. The van der Waals surface area contributed by atoms with Crippen LogP contribution in [0.2, 0.25) is 0 Å². The lowest BCUT2D eigenvalue weighted by Crippen LogP contribution is -2.31. The molecule has 0 spiro atoms. The molecule has 0 aliphatic heterocycles. The van der Waals surface area contributed by atoms with Gasteiger partial charge in [0.05, 0.1) is 0 Å². The van der Waals surface area contributed by atoms with Gasteiger partial charge in [-0.1, -0.05) is 51.4 Å². The first-order valence-corrected chi connectivity index (χ1v) is 8.64. The Labute approximate surface area is 115 Å². The second kappa shape index (κ2) is 10.8. The summed E-state index contributed by atoms with van der Waals surface area (Å²) in [5.74, 6) is 0.598. The summed E-state index contributed by atoms with van der Waals surface area (Å²) in [5, 5.41) is 3.10. The van der Waals surface area contributed by atoms with Gasteiger partial charge in [0.1, 0.15) is 0 Å². The van der Waals surface area contributed by atoms with E-state index >= 15 is 0 Å². The van der Waals surface area contributed by atoms with Gasteiger partial charge in [0.15, 0.2) is 0 Å². The molecule has 0 radical (unpaired) electrons. The van der Waals surface area contributed by atoms with E-state index in [1.165, 1.54) is 51.4 Å². The minimum atomic E-state index is 0.285. The van der Waals surface area contributed by atoms with E-state index in [2.05, 4.69) is 14.6 Å². The van der Waals surface area contributed by atoms with Crippen LogP contribution in [0.5, 0.6) is 0 Å². The van der Waals surface area contributed by atoms with Crippen molar-refractivity contribution in [3.8, 4) is 0 Å². The lowest BCUT2D eigenvalue weighted by molar-refractivity contribution is -0.125. The number of hydrogen-bond donors (Lipinski definition) is 1.